The highest BCUT2D eigenvalue weighted by Crippen LogP contribution is 2.34. The van der Waals surface area contributed by atoms with Crippen LogP contribution in [-0.4, -0.2) is 12.1 Å². The summed E-state index contributed by atoms with van der Waals surface area (Å²) in [4.78, 5) is 0. The Balaban J connectivity index is 2.35. The zero-order chi connectivity index (χ0) is 12.9. The van der Waals surface area contributed by atoms with E-state index in [-0.39, 0.29) is 6.42 Å². The first-order valence-electron chi connectivity index (χ1n) is 5.27. The van der Waals surface area contributed by atoms with Crippen LogP contribution in [0.1, 0.15) is 24.8 Å². The van der Waals surface area contributed by atoms with E-state index in [0.29, 0.717) is 6.42 Å². The van der Waals surface area contributed by atoms with Gasteiger partial charge in [-0.15, -0.1) is 0 Å². The summed E-state index contributed by atoms with van der Waals surface area (Å²) in [5.41, 5.74) is 0.857. The quantitative estimate of drug-likeness (QED) is 0.672. The van der Waals surface area contributed by atoms with Gasteiger partial charge in [0.25, 0.3) is 5.92 Å². The zero-order valence-electron chi connectivity index (χ0n) is 9.11. The summed E-state index contributed by atoms with van der Waals surface area (Å²) in [6, 6.07) is 8.86. The molecule has 0 aliphatic carbocycles. The third kappa shape index (κ3) is 6.24. The first-order valence-corrected chi connectivity index (χ1v) is 5.27. The molecule has 0 saturated heterocycles. The topological polar surface area (TPSA) is 0 Å². The predicted octanol–water partition coefficient (Wildman–Crippen LogP) is 4.60. The Bertz CT molecular complexity index is 328. The van der Waals surface area contributed by atoms with E-state index in [9.17, 15) is 22.0 Å². The predicted molar refractivity (Wildman–Crippen MR) is 55.0 cm³/mol. The van der Waals surface area contributed by atoms with Gasteiger partial charge in [0.2, 0.25) is 0 Å². The zero-order valence-corrected chi connectivity index (χ0v) is 9.11. The number of aryl methyl sites for hydroxylation is 1. The van der Waals surface area contributed by atoms with Crippen molar-refractivity contribution in [1.29, 1.82) is 0 Å². The van der Waals surface area contributed by atoms with Gasteiger partial charge < -0.3 is 0 Å². The van der Waals surface area contributed by atoms with Crippen LogP contribution in [0.3, 0.4) is 0 Å². The molecule has 0 aliphatic heterocycles. The molecule has 0 bridgehead atoms. The average Bonchev–Trinajstić information content (AvgIpc) is 2.15. The Kier molecular flexibility index (Phi) is 4.48. The second-order valence-electron chi connectivity index (χ2n) is 3.99. The molecule has 0 N–H and O–H groups in total. The number of halogens is 5. The highest BCUT2D eigenvalue weighted by Gasteiger charge is 2.42. The van der Waals surface area contributed by atoms with Crippen LogP contribution in [-0.2, 0) is 6.42 Å². The molecule has 0 spiro atoms. The van der Waals surface area contributed by atoms with Gasteiger partial charge in [0, 0.05) is 6.42 Å². The Morgan fingerprint density at radius 2 is 1.47 bits per heavy atom. The number of rotatable bonds is 5. The summed E-state index contributed by atoms with van der Waals surface area (Å²) in [5.74, 6) is -3.66. The fourth-order valence-electron chi connectivity index (χ4n) is 1.58. The van der Waals surface area contributed by atoms with Crippen molar-refractivity contribution in [3.8, 4) is 0 Å². The standard InChI is InChI=1S/C12H13F5/c13-11(14,9-12(15,16)17)8-4-7-10-5-2-1-3-6-10/h1-3,5-6H,4,7-9H2. The number of hydrogen-bond donors (Lipinski definition) is 0. The molecule has 96 valence electrons. The normalized spacial score (nSPS) is 12.8. The lowest BCUT2D eigenvalue weighted by Crippen LogP contribution is -2.25. The van der Waals surface area contributed by atoms with Crippen LogP contribution in [0.5, 0.6) is 0 Å². The summed E-state index contributed by atoms with van der Waals surface area (Å²) in [6.07, 6.45) is -7.16. The lowest BCUT2D eigenvalue weighted by atomic mass is 10.0. The number of alkyl halides is 5. The monoisotopic (exact) mass is 252 g/mol. The fraction of sp³-hybridized carbons (Fsp3) is 0.500. The van der Waals surface area contributed by atoms with E-state index in [4.69, 9.17) is 0 Å². The molecule has 0 heterocycles. The number of benzene rings is 1. The van der Waals surface area contributed by atoms with E-state index in [2.05, 4.69) is 0 Å². The molecule has 5 heteroatoms. The first kappa shape index (κ1) is 13.9. The molecule has 1 aromatic carbocycles. The van der Waals surface area contributed by atoms with Crippen LogP contribution < -0.4 is 0 Å². The molecule has 0 aliphatic rings. The largest absolute Gasteiger partial charge is 0.394 e. The molecule has 0 radical (unpaired) electrons. The maximum atomic E-state index is 12.9. The van der Waals surface area contributed by atoms with Crippen molar-refractivity contribution < 1.29 is 22.0 Å². The second-order valence-corrected chi connectivity index (χ2v) is 3.99. The maximum absolute atomic E-state index is 12.9. The lowest BCUT2D eigenvalue weighted by Gasteiger charge is -2.17. The van der Waals surface area contributed by atoms with Crippen molar-refractivity contribution in [2.75, 3.05) is 0 Å². The van der Waals surface area contributed by atoms with Crippen molar-refractivity contribution in [3.05, 3.63) is 35.9 Å². The van der Waals surface area contributed by atoms with E-state index < -0.39 is 24.9 Å². The molecule has 0 amide bonds. The summed E-state index contributed by atoms with van der Waals surface area (Å²) < 4.78 is 61.3. The molecule has 0 saturated carbocycles. The van der Waals surface area contributed by atoms with Gasteiger partial charge in [-0.3, -0.25) is 0 Å². The van der Waals surface area contributed by atoms with Crippen LogP contribution in [0.2, 0.25) is 0 Å². The minimum atomic E-state index is -4.81. The molecule has 0 nitrogen and oxygen atoms in total. The first-order chi connectivity index (χ1) is 7.79. The van der Waals surface area contributed by atoms with Gasteiger partial charge in [-0.05, 0) is 18.4 Å². The molecule has 1 aromatic rings. The lowest BCUT2D eigenvalue weighted by molar-refractivity contribution is -0.189. The average molecular weight is 252 g/mol. The van der Waals surface area contributed by atoms with Crippen molar-refractivity contribution >= 4 is 0 Å². The van der Waals surface area contributed by atoms with Crippen LogP contribution in [0.15, 0.2) is 30.3 Å². The molecule has 17 heavy (non-hydrogen) atoms. The smallest absolute Gasteiger partial charge is 0.207 e. The molecule has 0 aromatic heterocycles. The summed E-state index contributed by atoms with van der Waals surface area (Å²) >= 11 is 0. The molecule has 0 atom stereocenters. The summed E-state index contributed by atoms with van der Waals surface area (Å²) in [5, 5.41) is 0. The summed E-state index contributed by atoms with van der Waals surface area (Å²) in [6.45, 7) is 0. The van der Waals surface area contributed by atoms with Crippen LogP contribution in [0, 0.1) is 0 Å². The Morgan fingerprint density at radius 1 is 0.882 bits per heavy atom. The number of hydrogen-bond acceptors (Lipinski definition) is 0. The van der Waals surface area contributed by atoms with E-state index in [1.165, 1.54) is 0 Å². The maximum Gasteiger partial charge on any atom is 0.394 e. The van der Waals surface area contributed by atoms with Gasteiger partial charge in [0.15, 0.2) is 0 Å². The minimum Gasteiger partial charge on any atom is -0.207 e. The van der Waals surface area contributed by atoms with Crippen LogP contribution in [0.25, 0.3) is 0 Å². The highest BCUT2D eigenvalue weighted by molar-refractivity contribution is 5.14. The van der Waals surface area contributed by atoms with E-state index in [0.717, 1.165) is 5.56 Å². The molecular formula is C12H13F5. The minimum absolute atomic E-state index is 0.0487. The van der Waals surface area contributed by atoms with E-state index in [1.54, 1.807) is 30.3 Å². The van der Waals surface area contributed by atoms with Crippen molar-refractivity contribution in [2.24, 2.45) is 0 Å². The van der Waals surface area contributed by atoms with Crippen molar-refractivity contribution in [3.63, 3.8) is 0 Å². The van der Waals surface area contributed by atoms with E-state index in [1.807, 2.05) is 0 Å². The third-order valence-electron chi connectivity index (χ3n) is 2.31. The van der Waals surface area contributed by atoms with Gasteiger partial charge in [-0.1, -0.05) is 30.3 Å². The van der Waals surface area contributed by atoms with Gasteiger partial charge >= 0.3 is 6.18 Å². The Morgan fingerprint density at radius 3 is 2.00 bits per heavy atom. The summed E-state index contributed by atoms with van der Waals surface area (Å²) in [7, 11) is 0. The van der Waals surface area contributed by atoms with Crippen LogP contribution >= 0.6 is 0 Å². The van der Waals surface area contributed by atoms with Crippen molar-refractivity contribution in [1.82, 2.24) is 0 Å². The molecular weight excluding hydrogens is 239 g/mol. The molecule has 0 fully saturated rings. The fourth-order valence-corrected chi connectivity index (χ4v) is 1.58. The van der Waals surface area contributed by atoms with Gasteiger partial charge in [-0.2, -0.15) is 13.2 Å². The second kappa shape index (κ2) is 5.47. The highest BCUT2D eigenvalue weighted by atomic mass is 19.4. The van der Waals surface area contributed by atoms with Crippen LogP contribution in [0.4, 0.5) is 22.0 Å². The molecule has 1 rings (SSSR count). The molecule has 0 unspecified atom stereocenters. The van der Waals surface area contributed by atoms with Gasteiger partial charge in [0.05, 0.1) is 0 Å². The Labute approximate surface area is 96.4 Å². The third-order valence-corrected chi connectivity index (χ3v) is 2.31. The van der Waals surface area contributed by atoms with E-state index >= 15 is 0 Å². The van der Waals surface area contributed by atoms with Gasteiger partial charge in [-0.25, -0.2) is 8.78 Å². The van der Waals surface area contributed by atoms with Crippen molar-refractivity contribution in [2.45, 2.75) is 37.8 Å². The Hall–Kier alpha value is -1.13. The van der Waals surface area contributed by atoms with Gasteiger partial charge in [0.1, 0.15) is 6.42 Å². The SMILES string of the molecule is FC(F)(F)CC(F)(F)CCCc1ccccc1.